The van der Waals surface area contributed by atoms with Gasteiger partial charge in [-0.15, -0.1) is 0 Å². The molecule has 2 heteroatoms. The van der Waals surface area contributed by atoms with E-state index in [1.807, 2.05) is 0 Å². The van der Waals surface area contributed by atoms with Crippen molar-refractivity contribution in [2.45, 2.75) is 46.1 Å². The number of carbonyl (C=O) groups excluding carboxylic acids is 1. The molecule has 0 amide bonds. The van der Waals surface area contributed by atoms with Crippen molar-refractivity contribution in [1.29, 1.82) is 0 Å². The Hall–Kier alpha value is -0.530. The second kappa shape index (κ2) is 2.73. The van der Waals surface area contributed by atoms with Crippen LogP contribution in [0.2, 0.25) is 0 Å². The Balaban J connectivity index is 1.72. The normalized spacial score (nSPS) is 36.5. The summed E-state index contributed by atoms with van der Waals surface area (Å²) in [4.78, 5) is 11.4. The highest BCUT2D eigenvalue weighted by Gasteiger charge is 2.44. The molecule has 0 aliphatic heterocycles. The molecule has 0 aromatic heterocycles. The summed E-state index contributed by atoms with van der Waals surface area (Å²) < 4.78 is 5.38. The molecule has 0 aromatic rings. The number of esters is 1. The van der Waals surface area contributed by atoms with E-state index in [1.165, 1.54) is 0 Å². The highest BCUT2D eigenvalue weighted by molar-refractivity contribution is 5.75. The summed E-state index contributed by atoms with van der Waals surface area (Å²) in [6.45, 7) is 6.55. The van der Waals surface area contributed by atoms with E-state index in [4.69, 9.17) is 4.74 Å². The van der Waals surface area contributed by atoms with Crippen LogP contribution in [0.25, 0.3) is 0 Å². The summed E-state index contributed by atoms with van der Waals surface area (Å²) in [5.41, 5.74) is 0.403. The zero-order valence-electron chi connectivity index (χ0n) is 8.67. The van der Waals surface area contributed by atoms with Gasteiger partial charge in [0.15, 0.2) is 0 Å². The quantitative estimate of drug-likeness (QED) is 0.613. The van der Waals surface area contributed by atoms with Crippen LogP contribution in [0, 0.1) is 17.3 Å². The van der Waals surface area contributed by atoms with Gasteiger partial charge in [-0.3, -0.25) is 4.79 Å². The van der Waals surface area contributed by atoms with Gasteiger partial charge < -0.3 is 4.74 Å². The zero-order chi connectivity index (χ0) is 9.64. The van der Waals surface area contributed by atoms with Gasteiger partial charge in [-0.2, -0.15) is 0 Å². The SMILES string of the molecule is C[C@@H]1C[C@H]1C(=O)OC1CC(C)(C)C1. The topological polar surface area (TPSA) is 26.3 Å². The third-order valence-corrected chi connectivity index (χ3v) is 3.26. The molecule has 0 spiro atoms. The van der Waals surface area contributed by atoms with Crippen molar-refractivity contribution in [2.24, 2.45) is 17.3 Å². The lowest BCUT2D eigenvalue weighted by atomic mass is 9.70. The first kappa shape index (κ1) is 9.04. The Morgan fingerprint density at radius 3 is 2.31 bits per heavy atom. The Kier molecular flexibility index (Phi) is 1.90. The first-order chi connectivity index (χ1) is 5.98. The maximum atomic E-state index is 11.4. The summed E-state index contributed by atoms with van der Waals surface area (Å²) in [6, 6.07) is 0. The van der Waals surface area contributed by atoms with Crippen LogP contribution in [0.15, 0.2) is 0 Å². The molecule has 0 bridgehead atoms. The van der Waals surface area contributed by atoms with Crippen molar-refractivity contribution in [1.82, 2.24) is 0 Å². The Morgan fingerprint density at radius 2 is 1.92 bits per heavy atom. The van der Waals surface area contributed by atoms with E-state index in [0.717, 1.165) is 19.3 Å². The molecule has 2 saturated carbocycles. The van der Waals surface area contributed by atoms with Crippen molar-refractivity contribution in [3.05, 3.63) is 0 Å². The number of carbonyl (C=O) groups is 1. The fourth-order valence-corrected chi connectivity index (χ4v) is 2.16. The predicted molar refractivity (Wildman–Crippen MR) is 50.2 cm³/mol. The average Bonchev–Trinajstić information content (AvgIpc) is 2.62. The third kappa shape index (κ3) is 1.87. The zero-order valence-corrected chi connectivity index (χ0v) is 8.67. The molecule has 2 aliphatic carbocycles. The highest BCUT2D eigenvalue weighted by Crippen LogP contribution is 2.44. The largest absolute Gasteiger partial charge is 0.462 e. The summed E-state index contributed by atoms with van der Waals surface area (Å²) in [6.07, 6.45) is 3.34. The molecule has 2 rings (SSSR count). The molecular weight excluding hydrogens is 164 g/mol. The van der Waals surface area contributed by atoms with Crippen LogP contribution in [0.1, 0.15) is 40.0 Å². The van der Waals surface area contributed by atoms with Gasteiger partial charge in [0, 0.05) is 0 Å². The van der Waals surface area contributed by atoms with Crippen LogP contribution >= 0.6 is 0 Å². The fraction of sp³-hybridized carbons (Fsp3) is 0.909. The number of ether oxygens (including phenoxy) is 1. The highest BCUT2D eigenvalue weighted by atomic mass is 16.5. The Labute approximate surface area is 79.7 Å². The van der Waals surface area contributed by atoms with Gasteiger partial charge in [-0.25, -0.2) is 0 Å². The minimum atomic E-state index is 0.0491. The van der Waals surface area contributed by atoms with Crippen molar-refractivity contribution >= 4 is 5.97 Å². The van der Waals surface area contributed by atoms with Gasteiger partial charge >= 0.3 is 5.97 Å². The Morgan fingerprint density at radius 1 is 1.38 bits per heavy atom. The van der Waals surface area contributed by atoms with E-state index in [2.05, 4.69) is 20.8 Å². The lowest BCUT2D eigenvalue weighted by Crippen LogP contribution is -2.39. The smallest absolute Gasteiger partial charge is 0.309 e. The van der Waals surface area contributed by atoms with Crippen molar-refractivity contribution in [3.8, 4) is 0 Å². The van der Waals surface area contributed by atoms with E-state index in [0.29, 0.717) is 11.3 Å². The third-order valence-electron chi connectivity index (χ3n) is 3.26. The monoisotopic (exact) mass is 182 g/mol. The molecule has 2 nitrogen and oxygen atoms in total. The molecule has 0 saturated heterocycles. The predicted octanol–water partition coefficient (Wildman–Crippen LogP) is 2.37. The van der Waals surface area contributed by atoms with Crippen molar-refractivity contribution in [2.75, 3.05) is 0 Å². The maximum absolute atomic E-state index is 11.4. The van der Waals surface area contributed by atoms with E-state index in [9.17, 15) is 4.79 Å². The van der Waals surface area contributed by atoms with E-state index in [1.54, 1.807) is 0 Å². The first-order valence-electron chi connectivity index (χ1n) is 5.18. The van der Waals surface area contributed by atoms with Gasteiger partial charge in [0.05, 0.1) is 5.92 Å². The van der Waals surface area contributed by atoms with Crippen LogP contribution in [0.5, 0.6) is 0 Å². The second-order valence-electron chi connectivity index (χ2n) is 5.45. The minimum absolute atomic E-state index is 0.0491. The summed E-state index contributed by atoms with van der Waals surface area (Å²) >= 11 is 0. The summed E-state index contributed by atoms with van der Waals surface area (Å²) in [5.74, 6) is 0.845. The molecule has 13 heavy (non-hydrogen) atoms. The van der Waals surface area contributed by atoms with Gasteiger partial charge in [-0.05, 0) is 30.6 Å². The average molecular weight is 182 g/mol. The standard InChI is InChI=1S/C11H18O2/c1-7-4-9(7)10(12)13-8-5-11(2,3)6-8/h7-9H,4-6H2,1-3H3/t7-,9-/m1/s1. The number of hydrogen-bond acceptors (Lipinski definition) is 2. The number of hydrogen-bond donors (Lipinski definition) is 0. The maximum Gasteiger partial charge on any atom is 0.309 e. The molecule has 0 unspecified atom stereocenters. The molecular formula is C11H18O2. The van der Waals surface area contributed by atoms with Crippen LogP contribution in [0.4, 0.5) is 0 Å². The molecule has 74 valence electrons. The van der Waals surface area contributed by atoms with Gasteiger partial charge in [0.25, 0.3) is 0 Å². The molecule has 0 N–H and O–H groups in total. The van der Waals surface area contributed by atoms with E-state index in [-0.39, 0.29) is 18.0 Å². The van der Waals surface area contributed by atoms with E-state index < -0.39 is 0 Å². The van der Waals surface area contributed by atoms with E-state index >= 15 is 0 Å². The Bertz CT molecular complexity index is 224. The van der Waals surface area contributed by atoms with Gasteiger partial charge in [-0.1, -0.05) is 20.8 Å². The van der Waals surface area contributed by atoms with Crippen LogP contribution in [-0.4, -0.2) is 12.1 Å². The molecule has 0 radical (unpaired) electrons. The van der Waals surface area contributed by atoms with Gasteiger partial charge in [0.2, 0.25) is 0 Å². The number of rotatable bonds is 2. The van der Waals surface area contributed by atoms with Crippen LogP contribution in [-0.2, 0) is 9.53 Å². The molecule has 2 aliphatic rings. The van der Waals surface area contributed by atoms with Crippen molar-refractivity contribution in [3.63, 3.8) is 0 Å². The molecule has 2 fully saturated rings. The van der Waals surface area contributed by atoms with Crippen LogP contribution in [0.3, 0.4) is 0 Å². The molecule has 0 aromatic carbocycles. The van der Waals surface area contributed by atoms with Gasteiger partial charge in [0.1, 0.15) is 6.10 Å². The second-order valence-corrected chi connectivity index (χ2v) is 5.45. The molecule has 0 heterocycles. The lowest BCUT2D eigenvalue weighted by Gasteiger charge is -2.41. The first-order valence-corrected chi connectivity index (χ1v) is 5.18. The van der Waals surface area contributed by atoms with Crippen molar-refractivity contribution < 1.29 is 9.53 Å². The minimum Gasteiger partial charge on any atom is -0.462 e. The fourth-order valence-electron chi connectivity index (χ4n) is 2.16. The molecule has 2 atom stereocenters. The summed E-state index contributed by atoms with van der Waals surface area (Å²) in [5, 5.41) is 0. The summed E-state index contributed by atoms with van der Waals surface area (Å²) in [7, 11) is 0. The lowest BCUT2D eigenvalue weighted by molar-refractivity contribution is -0.161. The van der Waals surface area contributed by atoms with Crippen LogP contribution < -0.4 is 0 Å².